The van der Waals surface area contributed by atoms with E-state index >= 15 is 0 Å². The Kier molecular flexibility index (Phi) is 6.21. The number of imidazole rings is 1. The first-order valence-corrected chi connectivity index (χ1v) is 10.7. The summed E-state index contributed by atoms with van der Waals surface area (Å²) in [4.78, 5) is 19.7. The average molecular weight is 481 g/mol. The molecule has 0 saturated heterocycles. The van der Waals surface area contributed by atoms with Crippen LogP contribution >= 0.6 is 27.7 Å². The van der Waals surface area contributed by atoms with Gasteiger partial charge in [0.05, 0.1) is 11.0 Å². The maximum absolute atomic E-state index is 11.9. The number of carbonyl (C=O) groups is 1. The molecule has 7 heteroatoms. The molecule has 0 aliphatic heterocycles. The van der Waals surface area contributed by atoms with Crippen molar-refractivity contribution in [3.8, 4) is 5.75 Å². The molecule has 4 aromatic rings. The molecule has 0 radical (unpaired) electrons. The van der Waals surface area contributed by atoms with Gasteiger partial charge in [-0.15, -0.1) is 0 Å². The molecule has 0 atom stereocenters. The van der Waals surface area contributed by atoms with Gasteiger partial charge in [-0.3, -0.25) is 0 Å². The fourth-order valence-electron chi connectivity index (χ4n) is 2.86. The minimum absolute atomic E-state index is 0.136. The SMILES string of the molecule is O=C(O)/C(=C/c1cc(Br)ccc1OCc1ccccc1)Sc1nc2ccccc2[nH]1. The molecular weight excluding hydrogens is 464 g/mol. The number of carboxylic acids is 1. The maximum atomic E-state index is 11.9. The van der Waals surface area contributed by atoms with E-state index in [9.17, 15) is 9.90 Å². The molecule has 2 N–H and O–H groups in total. The zero-order valence-corrected chi connectivity index (χ0v) is 18.1. The fraction of sp³-hybridized carbons (Fsp3) is 0.0435. The molecule has 0 spiro atoms. The van der Waals surface area contributed by atoms with Crippen LogP contribution in [0.2, 0.25) is 0 Å². The zero-order chi connectivity index (χ0) is 20.9. The van der Waals surface area contributed by atoms with E-state index in [1.54, 1.807) is 6.08 Å². The van der Waals surface area contributed by atoms with E-state index in [1.165, 1.54) is 0 Å². The predicted octanol–water partition coefficient (Wildman–Crippen LogP) is 6.12. The third-order valence-corrected chi connectivity index (χ3v) is 5.67. The number of aromatic amines is 1. The predicted molar refractivity (Wildman–Crippen MR) is 122 cm³/mol. The first-order chi connectivity index (χ1) is 14.6. The Labute approximate surface area is 185 Å². The van der Waals surface area contributed by atoms with Crippen molar-refractivity contribution >= 4 is 50.8 Å². The van der Waals surface area contributed by atoms with Crippen molar-refractivity contribution in [2.75, 3.05) is 0 Å². The Bertz CT molecular complexity index is 1190. The number of benzene rings is 3. The highest BCUT2D eigenvalue weighted by Gasteiger charge is 2.15. The van der Waals surface area contributed by atoms with Crippen LogP contribution in [-0.4, -0.2) is 21.0 Å². The molecular formula is C23H17BrN2O3S. The van der Waals surface area contributed by atoms with Crippen LogP contribution in [-0.2, 0) is 11.4 Å². The Morgan fingerprint density at radius 3 is 2.63 bits per heavy atom. The van der Waals surface area contributed by atoms with Gasteiger partial charge < -0.3 is 14.8 Å². The average Bonchev–Trinajstić information content (AvgIpc) is 3.16. The highest BCUT2D eigenvalue weighted by Crippen LogP contribution is 2.32. The highest BCUT2D eigenvalue weighted by atomic mass is 79.9. The lowest BCUT2D eigenvalue weighted by Gasteiger charge is -2.11. The molecule has 3 aromatic carbocycles. The monoisotopic (exact) mass is 480 g/mol. The number of thioether (sulfide) groups is 1. The number of rotatable bonds is 7. The summed E-state index contributed by atoms with van der Waals surface area (Å²) in [5.74, 6) is -0.430. The Morgan fingerprint density at radius 2 is 1.87 bits per heavy atom. The first-order valence-electron chi connectivity index (χ1n) is 9.12. The molecule has 0 aliphatic carbocycles. The summed E-state index contributed by atoms with van der Waals surface area (Å²) < 4.78 is 6.80. The number of nitrogens with zero attached hydrogens (tertiary/aromatic N) is 1. The second-order valence-corrected chi connectivity index (χ2v) is 8.38. The fourth-order valence-corrected chi connectivity index (χ4v) is 4.02. The first kappa shape index (κ1) is 20.3. The van der Waals surface area contributed by atoms with Gasteiger partial charge in [0.1, 0.15) is 17.3 Å². The number of nitrogens with one attached hydrogen (secondary N) is 1. The summed E-state index contributed by atoms with van der Waals surface area (Å²) in [7, 11) is 0. The lowest BCUT2D eigenvalue weighted by Crippen LogP contribution is -2.00. The molecule has 0 unspecified atom stereocenters. The molecule has 1 aromatic heterocycles. The lowest BCUT2D eigenvalue weighted by atomic mass is 10.2. The van der Waals surface area contributed by atoms with Crippen LogP contribution in [0.4, 0.5) is 0 Å². The number of halogens is 1. The summed E-state index contributed by atoms with van der Waals surface area (Å²) in [6.07, 6.45) is 1.60. The van der Waals surface area contributed by atoms with Crippen molar-refractivity contribution < 1.29 is 14.6 Å². The topological polar surface area (TPSA) is 75.2 Å². The van der Waals surface area contributed by atoms with Gasteiger partial charge in [0.2, 0.25) is 0 Å². The molecule has 0 aliphatic rings. The molecule has 150 valence electrons. The minimum Gasteiger partial charge on any atom is -0.488 e. The summed E-state index contributed by atoms with van der Waals surface area (Å²) >= 11 is 4.52. The quantitative estimate of drug-likeness (QED) is 0.246. The Morgan fingerprint density at radius 1 is 1.10 bits per heavy atom. The van der Waals surface area contributed by atoms with Gasteiger partial charge in [0.15, 0.2) is 5.16 Å². The van der Waals surface area contributed by atoms with Gasteiger partial charge in [0, 0.05) is 10.0 Å². The Balaban J connectivity index is 1.62. The van der Waals surface area contributed by atoms with E-state index in [-0.39, 0.29) is 4.91 Å². The van der Waals surface area contributed by atoms with Crippen molar-refractivity contribution in [3.63, 3.8) is 0 Å². The summed E-state index contributed by atoms with van der Waals surface area (Å²) in [6, 6.07) is 22.9. The van der Waals surface area contributed by atoms with Crippen molar-refractivity contribution in [1.29, 1.82) is 0 Å². The standard InChI is InChI=1S/C23H17BrN2O3S/c24-17-10-11-20(29-14-15-6-2-1-3-7-15)16(12-17)13-21(22(27)28)30-23-25-18-8-4-5-9-19(18)26-23/h1-13H,14H2,(H,25,26)(H,27,28)/b21-13-. The number of H-pyrrole nitrogens is 1. The second kappa shape index (κ2) is 9.19. The lowest BCUT2D eigenvalue weighted by molar-refractivity contribution is -0.131. The van der Waals surface area contributed by atoms with E-state index in [0.717, 1.165) is 32.8 Å². The largest absolute Gasteiger partial charge is 0.488 e. The third-order valence-electron chi connectivity index (χ3n) is 4.28. The number of para-hydroxylation sites is 2. The maximum Gasteiger partial charge on any atom is 0.342 e. The van der Waals surface area contributed by atoms with Gasteiger partial charge >= 0.3 is 5.97 Å². The van der Waals surface area contributed by atoms with Crippen LogP contribution in [0.1, 0.15) is 11.1 Å². The molecule has 0 bridgehead atoms. The van der Waals surface area contributed by atoms with Crippen LogP contribution in [0.25, 0.3) is 17.1 Å². The van der Waals surface area contributed by atoms with Crippen molar-refractivity contribution in [3.05, 3.63) is 93.3 Å². The van der Waals surface area contributed by atoms with Crippen LogP contribution in [0.15, 0.2) is 87.3 Å². The number of aliphatic carboxylic acids is 1. The molecule has 30 heavy (non-hydrogen) atoms. The third kappa shape index (κ3) is 4.93. The van der Waals surface area contributed by atoms with E-state index in [4.69, 9.17) is 4.74 Å². The number of carboxylic acid groups (broad SMARTS) is 1. The summed E-state index contributed by atoms with van der Waals surface area (Å²) in [5, 5.41) is 10.3. The number of fused-ring (bicyclic) bond motifs is 1. The molecule has 0 amide bonds. The molecule has 1 heterocycles. The van der Waals surface area contributed by atoms with Gasteiger partial charge in [0.25, 0.3) is 0 Å². The zero-order valence-electron chi connectivity index (χ0n) is 15.7. The van der Waals surface area contributed by atoms with E-state index in [0.29, 0.717) is 23.1 Å². The van der Waals surface area contributed by atoms with E-state index in [1.807, 2.05) is 72.8 Å². The van der Waals surface area contributed by atoms with Crippen molar-refractivity contribution in [2.24, 2.45) is 0 Å². The normalized spacial score (nSPS) is 11.6. The molecule has 0 saturated carbocycles. The van der Waals surface area contributed by atoms with Crippen LogP contribution in [0.5, 0.6) is 5.75 Å². The van der Waals surface area contributed by atoms with Crippen LogP contribution < -0.4 is 4.74 Å². The molecule has 5 nitrogen and oxygen atoms in total. The summed E-state index contributed by atoms with van der Waals surface area (Å²) in [5.41, 5.74) is 3.35. The smallest absolute Gasteiger partial charge is 0.342 e. The second-order valence-electron chi connectivity index (χ2n) is 6.43. The Hall–Kier alpha value is -3.03. The minimum atomic E-state index is -1.03. The van der Waals surface area contributed by atoms with E-state index in [2.05, 4.69) is 25.9 Å². The van der Waals surface area contributed by atoms with E-state index < -0.39 is 5.97 Å². The highest BCUT2D eigenvalue weighted by molar-refractivity contribution is 9.10. The summed E-state index contributed by atoms with van der Waals surface area (Å²) in [6.45, 7) is 0.391. The molecule has 0 fully saturated rings. The number of hydrogen-bond donors (Lipinski definition) is 2. The number of aromatic nitrogens is 2. The van der Waals surface area contributed by atoms with Gasteiger partial charge in [-0.25, -0.2) is 9.78 Å². The van der Waals surface area contributed by atoms with Gasteiger partial charge in [-0.2, -0.15) is 0 Å². The van der Waals surface area contributed by atoms with Gasteiger partial charge in [-0.05, 0) is 53.7 Å². The number of ether oxygens (including phenoxy) is 1. The van der Waals surface area contributed by atoms with Crippen LogP contribution in [0, 0.1) is 0 Å². The molecule has 4 rings (SSSR count). The van der Waals surface area contributed by atoms with Crippen LogP contribution in [0.3, 0.4) is 0 Å². The van der Waals surface area contributed by atoms with Crippen molar-refractivity contribution in [1.82, 2.24) is 9.97 Å². The number of hydrogen-bond acceptors (Lipinski definition) is 4. The van der Waals surface area contributed by atoms with Crippen molar-refractivity contribution in [2.45, 2.75) is 11.8 Å². The van der Waals surface area contributed by atoms with Gasteiger partial charge in [-0.1, -0.05) is 58.4 Å².